The third-order valence-corrected chi connectivity index (χ3v) is 7.39. The monoisotopic (exact) mass is 490 g/mol. The molecule has 0 saturated heterocycles. The second-order valence-corrected chi connectivity index (χ2v) is 9.68. The summed E-state index contributed by atoms with van der Waals surface area (Å²) in [6.45, 7) is 2.26. The Morgan fingerprint density at radius 1 is 1.20 bits per heavy atom. The Morgan fingerprint density at radius 2 is 1.90 bits per heavy atom. The molecule has 0 aliphatic heterocycles. The van der Waals surface area contributed by atoms with Gasteiger partial charge in [0.15, 0.2) is 5.69 Å². The van der Waals surface area contributed by atoms with Gasteiger partial charge in [-0.2, -0.15) is 0 Å². The summed E-state index contributed by atoms with van der Waals surface area (Å²) in [5.74, 6) is -0.347. The highest BCUT2D eigenvalue weighted by Crippen LogP contribution is 2.31. The van der Waals surface area contributed by atoms with Gasteiger partial charge in [-0.15, -0.1) is 0 Å². The SMILES string of the molecule is CCn1c(COC(=O)c2ncc(Cl)c(Cl)c2Cl)nc2cc(S(=O)(=O)N(C)C)ccc21. The van der Waals surface area contributed by atoms with Gasteiger partial charge in [0.25, 0.3) is 0 Å². The van der Waals surface area contributed by atoms with Crippen molar-refractivity contribution in [2.24, 2.45) is 0 Å². The van der Waals surface area contributed by atoms with Crippen molar-refractivity contribution in [3.05, 3.63) is 51.0 Å². The van der Waals surface area contributed by atoms with Crippen molar-refractivity contribution in [1.29, 1.82) is 0 Å². The molecular formula is C18H17Cl3N4O4S. The zero-order chi connectivity index (χ0) is 22.2. The molecule has 0 radical (unpaired) electrons. The Bertz CT molecular complexity index is 1240. The average Bonchev–Trinajstić information content (AvgIpc) is 3.06. The van der Waals surface area contributed by atoms with Gasteiger partial charge in [-0.25, -0.2) is 27.5 Å². The Morgan fingerprint density at radius 3 is 2.53 bits per heavy atom. The number of pyridine rings is 1. The molecule has 0 bridgehead atoms. The quantitative estimate of drug-likeness (QED) is 0.483. The zero-order valence-corrected chi connectivity index (χ0v) is 19.3. The van der Waals surface area contributed by atoms with Gasteiger partial charge in [0.1, 0.15) is 12.4 Å². The van der Waals surface area contributed by atoms with Crippen LogP contribution < -0.4 is 0 Å². The van der Waals surface area contributed by atoms with E-state index in [4.69, 9.17) is 39.5 Å². The van der Waals surface area contributed by atoms with Crippen LogP contribution in [0.15, 0.2) is 29.3 Å². The summed E-state index contributed by atoms with van der Waals surface area (Å²) in [5.41, 5.74) is 1.02. The number of hydrogen-bond donors (Lipinski definition) is 0. The molecule has 3 aromatic rings. The van der Waals surface area contributed by atoms with Gasteiger partial charge in [0.05, 0.1) is 31.0 Å². The van der Waals surface area contributed by atoms with E-state index in [1.807, 2.05) is 11.5 Å². The molecule has 3 rings (SSSR count). The Kier molecular flexibility index (Phi) is 6.59. The van der Waals surface area contributed by atoms with Crippen LogP contribution in [0.1, 0.15) is 23.2 Å². The second kappa shape index (κ2) is 8.68. The van der Waals surface area contributed by atoms with Crippen molar-refractivity contribution in [3.63, 3.8) is 0 Å². The molecule has 0 atom stereocenters. The number of ether oxygens (including phenoxy) is 1. The third-order valence-electron chi connectivity index (χ3n) is 4.34. The van der Waals surface area contributed by atoms with Crippen molar-refractivity contribution in [2.75, 3.05) is 14.1 Å². The molecule has 2 aromatic heterocycles. The predicted molar refractivity (Wildman–Crippen MR) is 115 cm³/mol. The van der Waals surface area contributed by atoms with Crippen LogP contribution in [0.5, 0.6) is 0 Å². The van der Waals surface area contributed by atoms with Gasteiger partial charge in [-0.05, 0) is 25.1 Å². The molecule has 8 nitrogen and oxygen atoms in total. The molecule has 30 heavy (non-hydrogen) atoms. The number of sulfonamides is 1. The molecule has 12 heteroatoms. The lowest BCUT2D eigenvalue weighted by Gasteiger charge is -2.11. The summed E-state index contributed by atoms with van der Waals surface area (Å²) < 4.78 is 33.0. The molecule has 0 saturated carbocycles. The van der Waals surface area contributed by atoms with E-state index in [9.17, 15) is 13.2 Å². The number of fused-ring (bicyclic) bond motifs is 1. The maximum atomic E-state index is 12.4. The molecule has 0 spiro atoms. The minimum atomic E-state index is -3.60. The van der Waals surface area contributed by atoms with Gasteiger partial charge in [0, 0.05) is 26.8 Å². The number of aromatic nitrogens is 3. The summed E-state index contributed by atoms with van der Waals surface area (Å²) in [7, 11) is -0.689. The smallest absolute Gasteiger partial charge is 0.358 e. The van der Waals surface area contributed by atoms with Crippen LogP contribution in [0.25, 0.3) is 11.0 Å². The minimum Gasteiger partial charge on any atom is -0.453 e. The minimum absolute atomic E-state index is 0.00992. The number of rotatable bonds is 6. The topological polar surface area (TPSA) is 94.4 Å². The fraction of sp³-hybridized carbons (Fsp3) is 0.278. The molecule has 2 heterocycles. The van der Waals surface area contributed by atoms with E-state index in [-0.39, 0.29) is 32.3 Å². The highest BCUT2D eigenvalue weighted by molar-refractivity contribution is 7.89. The van der Waals surface area contributed by atoms with Gasteiger partial charge in [0.2, 0.25) is 10.0 Å². The zero-order valence-electron chi connectivity index (χ0n) is 16.2. The average molecular weight is 492 g/mol. The number of hydrogen-bond acceptors (Lipinski definition) is 6. The van der Waals surface area contributed by atoms with E-state index >= 15 is 0 Å². The van der Waals surface area contributed by atoms with Crippen molar-refractivity contribution < 1.29 is 17.9 Å². The van der Waals surface area contributed by atoms with Crippen LogP contribution in [0, 0.1) is 0 Å². The van der Waals surface area contributed by atoms with Gasteiger partial charge in [-0.3, -0.25) is 0 Å². The highest BCUT2D eigenvalue weighted by atomic mass is 35.5. The lowest BCUT2D eigenvalue weighted by atomic mass is 10.3. The lowest BCUT2D eigenvalue weighted by Crippen LogP contribution is -2.22. The normalized spacial score (nSPS) is 12.0. The van der Waals surface area contributed by atoms with Gasteiger partial charge < -0.3 is 9.30 Å². The number of esters is 1. The first-order chi connectivity index (χ1) is 14.1. The van der Waals surface area contributed by atoms with E-state index < -0.39 is 16.0 Å². The first-order valence-electron chi connectivity index (χ1n) is 8.66. The summed E-state index contributed by atoms with van der Waals surface area (Å²) in [6.07, 6.45) is 1.21. The van der Waals surface area contributed by atoms with E-state index in [1.54, 1.807) is 6.07 Å². The molecule has 1 aromatic carbocycles. The lowest BCUT2D eigenvalue weighted by molar-refractivity contribution is 0.0452. The molecule has 0 fully saturated rings. The Hall–Kier alpha value is -1.91. The first-order valence-corrected chi connectivity index (χ1v) is 11.2. The fourth-order valence-corrected chi connectivity index (χ4v) is 4.26. The molecule has 0 aliphatic rings. The van der Waals surface area contributed by atoms with Crippen LogP contribution >= 0.6 is 34.8 Å². The Labute approximate surface area is 188 Å². The Balaban J connectivity index is 1.91. The second-order valence-electron chi connectivity index (χ2n) is 6.37. The summed E-state index contributed by atoms with van der Waals surface area (Å²) in [4.78, 5) is 20.8. The van der Waals surface area contributed by atoms with Gasteiger partial charge in [-0.1, -0.05) is 34.8 Å². The number of carbonyl (C=O) groups is 1. The summed E-state index contributed by atoms with van der Waals surface area (Å²) in [5, 5.41) is 0.0295. The number of nitrogens with zero attached hydrogens (tertiary/aromatic N) is 4. The molecule has 0 amide bonds. The maximum absolute atomic E-state index is 12.4. The van der Waals surface area contributed by atoms with Crippen molar-refractivity contribution >= 4 is 61.8 Å². The molecular weight excluding hydrogens is 475 g/mol. The largest absolute Gasteiger partial charge is 0.453 e. The fourth-order valence-electron chi connectivity index (χ4n) is 2.78. The number of aryl methyl sites for hydroxylation is 1. The number of carbonyl (C=O) groups excluding carboxylic acids is 1. The van der Waals surface area contributed by atoms with Crippen LogP contribution in [0.4, 0.5) is 0 Å². The maximum Gasteiger partial charge on any atom is 0.358 e. The third kappa shape index (κ3) is 4.13. The molecule has 0 unspecified atom stereocenters. The molecule has 0 aliphatic carbocycles. The van der Waals surface area contributed by atoms with Crippen LogP contribution in [-0.4, -0.2) is 47.3 Å². The number of halogens is 3. The van der Waals surface area contributed by atoms with Crippen molar-refractivity contribution in [1.82, 2.24) is 18.8 Å². The number of imidazole rings is 1. The highest BCUT2D eigenvalue weighted by Gasteiger charge is 2.22. The van der Waals surface area contributed by atoms with Gasteiger partial charge >= 0.3 is 5.97 Å². The standard InChI is InChI=1S/C18H17Cl3N4O4S/c1-4-25-13-6-5-10(30(27,28)24(2)3)7-12(13)23-14(25)9-29-18(26)17-16(21)15(20)11(19)8-22-17/h5-8H,4,9H2,1-3H3. The summed E-state index contributed by atoms with van der Waals surface area (Å²) in [6, 6.07) is 4.67. The van der Waals surface area contributed by atoms with E-state index in [2.05, 4.69) is 9.97 Å². The predicted octanol–water partition coefficient (Wildman–Crippen LogP) is 4.02. The van der Waals surface area contributed by atoms with Crippen LogP contribution in [0.2, 0.25) is 15.1 Å². The number of benzene rings is 1. The molecule has 0 N–H and O–H groups in total. The first kappa shape index (κ1) is 22.8. The van der Waals surface area contributed by atoms with Crippen molar-refractivity contribution in [2.45, 2.75) is 25.0 Å². The van der Waals surface area contributed by atoms with E-state index in [0.29, 0.717) is 23.4 Å². The summed E-state index contributed by atoms with van der Waals surface area (Å²) >= 11 is 17.8. The van der Waals surface area contributed by atoms with E-state index in [1.165, 1.54) is 32.4 Å². The van der Waals surface area contributed by atoms with Crippen LogP contribution in [-0.2, 0) is 27.9 Å². The molecule has 160 valence electrons. The van der Waals surface area contributed by atoms with E-state index in [0.717, 1.165) is 4.31 Å². The van der Waals surface area contributed by atoms with Crippen molar-refractivity contribution in [3.8, 4) is 0 Å². The van der Waals surface area contributed by atoms with Crippen LogP contribution in [0.3, 0.4) is 0 Å².